The van der Waals surface area contributed by atoms with Gasteiger partial charge in [-0.1, -0.05) is 89.2 Å². The molecule has 0 bridgehead atoms. The van der Waals surface area contributed by atoms with Gasteiger partial charge in [0.25, 0.3) is 0 Å². The molecule has 156 valence electrons. The van der Waals surface area contributed by atoms with Crippen molar-refractivity contribution in [1.29, 1.82) is 0 Å². The Balaban J connectivity index is 2.07. The number of phenolic OH excluding ortho intramolecular Hbond substituents is 1. The number of benzene rings is 3. The Morgan fingerprint density at radius 3 is 2.23 bits per heavy atom. The third-order valence-electron chi connectivity index (χ3n) is 6.10. The largest absolute Gasteiger partial charge is 0.507 e. The molecule has 0 aliphatic heterocycles. The van der Waals surface area contributed by atoms with Crippen molar-refractivity contribution in [2.75, 3.05) is 0 Å². The van der Waals surface area contributed by atoms with Crippen molar-refractivity contribution in [2.45, 2.75) is 52.1 Å². The van der Waals surface area contributed by atoms with Crippen molar-refractivity contribution in [3.05, 3.63) is 94.5 Å². The number of ketones is 1. The lowest BCUT2D eigenvalue weighted by molar-refractivity contribution is 0.101. The highest BCUT2D eigenvalue weighted by Crippen LogP contribution is 2.51. The van der Waals surface area contributed by atoms with Gasteiger partial charge in [-0.25, -0.2) is 0 Å². The Labute approximate surface area is 182 Å². The second kappa shape index (κ2) is 9.58. The minimum absolute atomic E-state index is 0.101. The topological polar surface area (TPSA) is 37.3 Å². The van der Waals surface area contributed by atoms with Crippen molar-refractivity contribution in [2.24, 2.45) is 0 Å². The van der Waals surface area contributed by atoms with E-state index in [0.717, 1.165) is 40.4 Å². The van der Waals surface area contributed by atoms with E-state index in [-0.39, 0.29) is 10.9 Å². The molecule has 1 N–H and O–H groups in total. The van der Waals surface area contributed by atoms with Gasteiger partial charge < -0.3 is 5.11 Å². The molecular weight excluding hydrogens is 387 g/mol. The number of carbonyl (C=O) groups excluding carboxylic acids is 1. The van der Waals surface area contributed by atoms with Gasteiger partial charge in [0.15, 0.2) is 5.78 Å². The third kappa shape index (κ3) is 4.50. The summed E-state index contributed by atoms with van der Waals surface area (Å²) >= 11 is 0. The molecule has 30 heavy (non-hydrogen) atoms. The molecule has 1 unspecified atom stereocenters. The molecule has 2 nitrogen and oxygen atoms in total. The molecule has 3 heteroatoms. The molecule has 0 saturated heterocycles. The maximum absolute atomic E-state index is 12.3. The highest BCUT2D eigenvalue weighted by molar-refractivity contribution is 7.49. The van der Waals surface area contributed by atoms with Crippen LogP contribution < -0.4 is 5.30 Å². The zero-order valence-electron chi connectivity index (χ0n) is 18.3. The lowest BCUT2D eigenvalue weighted by Gasteiger charge is -2.35. The standard InChI is InChI=1S/C27H31O2P/c1-5-27(6-2,30-26-19(3)12-10-16-23(26)20(4)28)24-17-11-15-22(25(24)29)18-21-13-8-7-9-14-21/h7-17,29-30H,5-6,18H2,1-4H3. The first-order chi connectivity index (χ1) is 14.4. The quantitative estimate of drug-likeness (QED) is 0.334. The summed E-state index contributed by atoms with van der Waals surface area (Å²) in [5.74, 6) is 0.500. The molecule has 0 aliphatic rings. The van der Waals surface area contributed by atoms with Gasteiger partial charge in [-0.15, -0.1) is 0 Å². The van der Waals surface area contributed by atoms with E-state index in [9.17, 15) is 9.90 Å². The molecule has 0 aliphatic carbocycles. The van der Waals surface area contributed by atoms with Crippen molar-refractivity contribution in [3.63, 3.8) is 0 Å². The lowest BCUT2D eigenvalue weighted by atomic mass is 9.89. The van der Waals surface area contributed by atoms with Gasteiger partial charge in [-0.2, -0.15) is 0 Å². The van der Waals surface area contributed by atoms with Crippen LogP contribution in [0.4, 0.5) is 0 Å². The Hall–Kier alpha value is -2.44. The maximum atomic E-state index is 12.3. The molecule has 0 fully saturated rings. The number of para-hydroxylation sites is 1. The van der Waals surface area contributed by atoms with E-state index in [1.807, 2.05) is 36.4 Å². The third-order valence-corrected chi connectivity index (χ3v) is 8.46. The van der Waals surface area contributed by atoms with Gasteiger partial charge in [-0.05, 0) is 48.7 Å². The van der Waals surface area contributed by atoms with Crippen LogP contribution in [0.1, 0.15) is 66.2 Å². The van der Waals surface area contributed by atoms with E-state index in [0.29, 0.717) is 20.8 Å². The summed E-state index contributed by atoms with van der Waals surface area (Å²) in [6, 6.07) is 22.3. The fourth-order valence-electron chi connectivity index (χ4n) is 4.18. The summed E-state index contributed by atoms with van der Waals surface area (Å²) in [6.45, 7) is 8.09. The van der Waals surface area contributed by atoms with Crippen LogP contribution in [0.5, 0.6) is 5.75 Å². The first-order valence-corrected chi connectivity index (χ1v) is 11.7. The normalized spacial score (nSPS) is 11.9. The molecule has 0 radical (unpaired) electrons. The average Bonchev–Trinajstić information content (AvgIpc) is 2.75. The summed E-state index contributed by atoms with van der Waals surface area (Å²) in [5, 5.41) is 12.2. The molecule has 0 aromatic heterocycles. The zero-order chi connectivity index (χ0) is 21.7. The van der Waals surface area contributed by atoms with Crippen molar-refractivity contribution in [3.8, 4) is 5.75 Å². The Bertz CT molecular complexity index is 1020. The average molecular weight is 419 g/mol. The second-order valence-electron chi connectivity index (χ2n) is 7.94. The van der Waals surface area contributed by atoms with Gasteiger partial charge >= 0.3 is 0 Å². The molecule has 3 rings (SSSR count). The Morgan fingerprint density at radius 2 is 1.60 bits per heavy atom. The van der Waals surface area contributed by atoms with Crippen LogP contribution in [0.2, 0.25) is 0 Å². The summed E-state index contributed by atoms with van der Waals surface area (Å²) < 4.78 is 0. The molecular formula is C27H31O2P. The zero-order valence-corrected chi connectivity index (χ0v) is 19.3. The van der Waals surface area contributed by atoms with Crippen LogP contribution in [0, 0.1) is 6.92 Å². The van der Waals surface area contributed by atoms with Gasteiger partial charge in [-0.3, -0.25) is 4.79 Å². The number of phenols is 1. The number of carbonyl (C=O) groups is 1. The van der Waals surface area contributed by atoms with Crippen molar-refractivity contribution < 1.29 is 9.90 Å². The minimum Gasteiger partial charge on any atom is -0.507 e. The highest BCUT2D eigenvalue weighted by Gasteiger charge is 2.33. The van der Waals surface area contributed by atoms with Crippen LogP contribution in [0.25, 0.3) is 0 Å². The number of aryl methyl sites for hydroxylation is 1. The smallest absolute Gasteiger partial charge is 0.160 e. The molecule has 0 heterocycles. The van der Waals surface area contributed by atoms with E-state index < -0.39 is 0 Å². The first-order valence-electron chi connectivity index (χ1n) is 10.7. The molecule has 0 spiro atoms. The fraction of sp³-hybridized carbons (Fsp3) is 0.296. The summed E-state index contributed by atoms with van der Waals surface area (Å²) in [6.07, 6.45) is 2.50. The van der Waals surface area contributed by atoms with Crippen LogP contribution >= 0.6 is 8.58 Å². The van der Waals surface area contributed by atoms with E-state index in [1.165, 1.54) is 5.56 Å². The van der Waals surface area contributed by atoms with Crippen LogP contribution in [-0.2, 0) is 11.6 Å². The Morgan fingerprint density at radius 1 is 0.933 bits per heavy atom. The highest BCUT2D eigenvalue weighted by atomic mass is 31.1. The summed E-state index contributed by atoms with van der Waals surface area (Å²) in [5.41, 5.74) is 5.08. The Kier molecular flexibility index (Phi) is 7.10. The molecule has 3 aromatic rings. The van der Waals surface area contributed by atoms with Crippen molar-refractivity contribution >= 4 is 19.7 Å². The monoisotopic (exact) mass is 418 g/mol. The van der Waals surface area contributed by atoms with Gasteiger partial charge in [0, 0.05) is 22.7 Å². The number of hydrogen-bond donors (Lipinski definition) is 1. The van der Waals surface area contributed by atoms with E-state index in [1.54, 1.807) is 6.92 Å². The van der Waals surface area contributed by atoms with Gasteiger partial charge in [0.1, 0.15) is 5.75 Å². The number of rotatable bonds is 8. The summed E-state index contributed by atoms with van der Waals surface area (Å²) in [4.78, 5) is 12.3. The van der Waals surface area contributed by atoms with Gasteiger partial charge in [0.05, 0.1) is 0 Å². The fourth-order valence-corrected chi connectivity index (χ4v) is 6.02. The van der Waals surface area contributed by atoms with E-state index in [4.69, 9.17) is 0 Å². The van der Waals surface area contributed by atoms with Crippen LogP contribution in [0.3, 0.4) is 0 Å². The molecule has 0 amide bonds. The maximum Gasteiger partial charge on any atom is 0.160 e. The van der Waals surface area contributed by atoms with E-state index >= 15 is 0 Å². The number of Topliss-reactive ketones (excluding diaryl/α,β-unsaturated/α-hetero) is 1. The predicted molar refractivity (Wildman–Crippen MR) is 129 cm³/mol. The SMILES string of the molecule is CCC(CC)(Pc1c(C)cccc1C(C)=O)c1cccc(Cc2ccccc2)c1O. The molecule has 3 aromatic carbocycles. The summed E-state index contributed by atoms with van der Waals surface area (Å²) in [7, 11) is 0.414. The first kappa shape index (κ1) is 22.2. The molecule has 0 saturated carbocycles. The molecule has 1 atom stereocenters. The number of hydrogen-bond acceptors (Lipinski definition) is 2. The predicted octanol–water partition coefficient (Wildman–Crippen LogP) is 6.51. The number of aromatic hydroxyl groups is 1. The van der Waals surface area contributed by atoms with Crippen LogP contribution in [0.15, 0.2) is 66.7 Å². The van der Waals surface area contributed by atoms with Crippen LogP contribution in [-0.4, -0.2) is 10.9 Å². The second-order valence-corrected chi connectivity index (χ2v) is 9.65. The minimum atomic E-state index is -0.201. The van der Waals surface area contributed by atoms with Gasteiger partial charge in [0.2, 0.25) is 0 Å². The van der Waals surface area contributed by atoms with Crippen molar-refractivity contribution in [1.82, 2.24) is 0 Å². The van der Waals surface area contributed by atoms with E-state index in [2.05, 4.69) is 51.1 Å². The lowest BCUT2D eigenvalue weighted by Crippen LogP contribution is -2.25.